The molecule has 2 rings (SSSR count). The van der Waals surface area contributed by atoms with Gasteiger partial charge in [0.05, 0.1) is 23.7 Å². The van der Waals surface area contributed by atoms with Crippen molar-refractivity contribution in [2.75, 3.05) is 25.1 Å². The van der Waals surface area contributed by atoms with Crippen LogP contribution in [0, 0.1) is 0 Å². The average molecular weight is 298 g/mol. The zero-order valence-corrected chi connectivity index (χ0v) is 12.1. The third kappa shape index (κ3) is 3.04. The number of hydrogen-bond donors (Lipinski definition) is 2. The number of rotatable bonds is 4. The molecule has 1 amide bonds. The number of carbonyl (C=O) groups excluding carboxylic acids is 1. The SMILES string of the molecule is COc1ccc(N)c(C(=O)NCC2CCCS2(=O)=O)c1. The van der Waals surface area contributed by atoms with Crippen molar-refractivity contribution < 1.29 is 17.9 Å². The molecule has 1 fully saturated rings. The molecule has 1 aliphatic heterocycles. The minimum Gasteiger partial charge on any atom is -0.497 e. The predicted octanol–water partition coefficient (Wildman–Crippen LogP) is 0.584. The van der Waals surface area contributed by atoms with Crippen molar-refractivity contribution in [3.05, 3.63) is 23.8 Å². The molecule has 6 nitrogen and oxygen atoms in total. The monoisotopic (exact) mass is 298 g/mol. The molecular weight excluding hydrogens is 280 g/mol. The van der Waals surface area contributed by atoms with Gasteiger partial charge in [-0.2, -0.15) is 0 Å². The molecular formula is C13H18N2O4S. The van der Waals surface area contributed by atoms with Crippen LogP contribution in [0.4, 0.5) is 5.69 Å². The topological polar surface area (TPSA) is 98.5 Å². The van der Waals surface area contributed by atoms with Crippen LogP contribution in [0.5, 0.6) is 5.75 Å². The van der Waals surface area contributed by atoms with Crippen LogP contribution in [0.1, 0.15) is 23.2 Å². The van der Waals surface area contributed by atoms with Gasteiger partial charge < -0.3 is 15.8 Å². The molecule has 20 heavy (non-hydrogen) atoms. The predicted molar refractivity (Wildman–Crippen MR) is 76.5 cm³/mol. The van der Waals surface area contributed by atoms with Crippen LogP contribution in [0.15, 0.2) is 18.2 Å². The van der Waals surface area contributed by atoms with Gasteiger partial charge in [0.15, 0.2) is 9.84 Å². The summed E-state index contributed by atoms with van der Waals surface area (Å²) in [6.45, 7) is 0.123. The second-order valence-electron chi connectivity index (χ2n) is 4.79. The summed E-state index contributed by atoms with van der Waals surface area (Å²) < 4.78 is 28.4. The van der Waals surface area contributed by atoms with Gasteiger partial charge in [-0.05, 0) is 31.0 Å². The van der Waals surface area contributed by atoms with Crippen molar-refractivity contribution in [2.24, 2.45) is 0 Å². The Bertz CT molecular complexity index is 613. The standard InChI is InChI=1S/C13H18N2O4S/c1-19-9-4-5-12(14)11(7-9)13(16)15-8-10-3-2-6-20(10,17)18/h4-5,7,10H,2-3,6,8,14H2,1H3,(H,15,16). The van der Waals surface area contributed by atoms with E-state index < -0.39 is 15.1 Å². The molecule has 0 radical (unpaired) electrons. The van der Waals surface area contributed by atoms with E-state index in [4.69, 9.17) is 10.5 Å². The Hall–Kier alpha value is -1.76. The van der Waals surface area contributed by atoms with Gasteiger partial charge in [0.25, 0.3) is 5.91 Å². The number of hydrogen-bond acceptors (Lipinski definition) is 5. The summed E-state index contributed by atoms with van der Waals surface area (Å²) >= 11 is 0. The second-order valence-corrected chi connectivity index (χ2v) is 7.20. The number of nitrogens with one attached hydrogen (secondary N) is 1. The molecule has 0 aromatic heterocycles. The highest BCUT2D eigenvalue weighted by Crippen LogP contribution is 2.21. The van der Waals surface area contributed by atoms with E-state index >= 15 is 0 Å². The van der Waals surface area contributed by atoms with E-state index in [1.165, 1.54) is 13.2 Å². The number of nitrogen functional groups attached to an aromatic ring is 1. The Balaban J connectivity index is 2.05. The van der Waals surface area contributed by atoms with Crippen LogP contribution < -0.4 is 15.8 Å². The quantitative estimate of drug-likeness (QED) is 0.792. The first-order valence-corrected chi connectivity index (χ1v) is 8.09. The zero-order valence-electron chi connectivity index (χ0n) is 11.3. The number of anilines is 1. The molecule has 1 saturated heterocycles. The number of carbonyl (C=O) groups is 1. The van der Waals surface area contributed by atoms with E-state index in [9.17, 15) is 13.2 Å². The Morgan fingerprint density at radius 1 is 1.50 bits per heavy atom. The first-order chi connectivity index (χ1) is 9.44. The van der Waals surface area contributed by atoms with E-state index in [1.54, 1.807) is 12.1 Å². The van der Waals surface area contributed by atoms with Crippen LogP contribution in [-0.4, -0.2) is 39.0 Å². The average Bonchev–Trinajstić information content (AvgIpc) is 2.75. The Kier molecular flexibility index (Phi) is 4.17. The molecule has 0 saturated carbocycles. The summed E-state index contributed by atoms with van der Waals surface area (Å²) in [5.74, 6) is 0.343. The molecule has 1 aromatic rings. The minimum atomic E-state index is -3.06. The van der Waals surface area contributed by atoms with Crippen molar-refractivity contribution >= 4 is 21.4 Å². The molecule has 3 N–H and O–H groups in total. The number of benzene rings is 1. The van der Waals surface area contributed by atoms with Gasteiger partial charge in [-0.1, -0.05) is 0 Å². The van der Waals surface area contributed by atoms with Crippen molar-refractivity contribution in [3.8, 4) is 5.75 Å². The van der Waals surface area contributed by atoms with E-state index in [0.717, 1.165) is 0 Å². The normalized spacial score (nSPS) is 20.6. The van der Waals surface area contributed by atoms with E-state index in [0.29, 0.717) is 29.8 Å². The van der Waals surface area contributed by atoms with Crippen molar-refractivity contribution in [3.63, 3.8) is 0 Å². The number of nitrogens with two attached hydrogens (primary N) is 1. The smallest absolute Gasteiger partial charge is 0.253 e. The lowest BCUT2D eigenvalue weighted by Crippen LogP contribution is -2.34. The molecule has 1 atom stereocenters. The summed E-state index contributed by atoms with van der Waals surface area (Å²) in [5.41, 5.74) is 6.37. The molecule has 1 aromatic carbocycles. The van der Waals surface area contributed by atoms with Gasteiger partial charge in [0.1, 0.15) is 5.75 Å². The summed E-state index contributed by atoms with van der Waals surface area (Å²) in [6.07, 6.45) is 1.25. The van der Waals surface area contributed by atoms with Crippen LogP contribution in [0.25, 0.3) is 0 Å². The highest BCUT2D eigenvalue weighted by molar-refractivity contribution is 7.92. The van der Waals surface area contributed by atoms with Crippen molar-refractivity contribution in [1.29, 1.82) is 0 Å². The number of sulfone groups is 1. The number of ether oxygens (including phenoxy) is 1. The fourth-order valence-corrected chi connectivity index (χ4v) is 4.01. The summed E-state index contributed by atoms with van der Waals surface area (Å²) in [5, 5.41) is 2.15. The molecule has 0 bridgehead atoms. The van der Waals surface area contributed by atoms with Crippen LogP contribution in [0.2, 0.25) is 0 Å². The van der Waals surface area contributed by atoms with Crippen LogP contribution in [0.3, 0.4) is 0 Å². The van der Waals surface area contributed by atoms with Crippen LogP contribution >= 0.6 is 0 Å². The molecule has 0 aliphatic carbocycles. The van der Waals surface area contributed by atoms with Crippen molar-refractivity contribution in [1.82, 2.24) is 5.32 Å². The maximum atomic E-state index is 12.1. The first-order valence-electron chi connectivity index (χ1n) is 6.37. The van der Waals surface area contributed by atoms with E-state index in [2.05, 4.69) is 5.32 Å². The van der Waals surface area contributed by atoms with E-state index in [-0.39, 0.29) is 18.2 Å². The van der Waals surface area contributed by atoms with Gasteiger partial charge in [-0.25, -0.2) is 8.42 Å². The van der Waals surface area contributed by atoms with Crippen LogP contribution in [-0.2, 0) is 9.84 Å². The molecule has 1 heterocycles. The summed E-state index contributed by atoms with van der Waals surface area (Å²) in [7, 11) is -1.56. The lowest BCUT2D eigenvalue weighted by atomic mass is 10.1. The second kappa shape index (κ2) is 5.70. The molecule has 0 spiro atoms. The maximum Gasteiger partial charge on any atom is 0.253 e. The van der Waals surface area contributed by atoms with Gasteiger partial charge in [0.2, 0.25) is 0 Å². The Morgan fingerprint density at radius 3 is 2.85 bits per heavy atom. The maximum absolute atomic E-state index is 12.1. The number of methoxy groups -OCH3 is 1. The van der Waals surface area contributed by atoms with E-state index in [1.807, 2.05) is 0 Å². The third-order valence-electron chi connectivity index (χ3n) is 3.46. The molecule has 1 aliphatic rings. The fraction of sp³-hybridized carbons (Fsp3) is 0.462. The lowest BCUT2D eigenvalue weighted by molar-refractivity contribution is 0.0954. The third-order valence-corrected chi connectivity index (χ3v) is 5.73. The zero-order chi connectivity index (χ0) is 14.8. The first kappa shape index (κ1) is 14.6. The largest absolute Gasteiger partial charge is 0.497 e. The van der Waals surface area contributed by atoms with Crippen molar-refractivity contribution in [2.45, 2.75) is 18.1 Å². The van der Waals surface area contributed by atoms with Gasteiger partial charge in [-0.15, -0.1) is 0 Å². The number of amides is 1. The van der Waals surface area contributed by atoms with Gasteiger partial charge >= 0.3 is 0 Å². The molecule has 110 valence electrons. The lowest BCUT2D eigenvalue weighted by Gasteiger charge is -2.12. The minimum absolute atomic E-state index is 0.123. The molecule has 1 unspecified atom stereocenters. The Morgan fingerprint density at radius 2 is 2.25 bits per heavy atom. The Labute approximate surface area is 118 Å². The van der Waals surface area contributed by atoms with Gasteiger partial charge in [-0.3, -0.25) is 4.79 Å². The summed E-state index contributed by atoms with van der Waals surface area (Å²) in [4.78, 5) is 12.1. The molecule has 7 heteroatoms. The van der Waals surface area contributed by atoms with Gasteiger partial charge in [0, 0.05) is 12.2 Å². The highest BCUT2D eigenvalue weighted by atomic mass is 32.2. The summed E-state index contributed by atoms with van der Waals surface area (Å²) in [6, 6.07) is 4.78. The highest BCUT2D eigenvalue weighted by Gasteiger charge is 2.31. The fourth-order valence-electron chi connectivity index (χ4n) is 2.25.